The van der Waals surface area contributed by atoms with Crippen molar-refractivity contribution in [3.8, 4) is 11.4 Å². The Bertz CT molecular complexity index is 893. The van der Waals surface area contributed by atoms with E-state index < -0.39 is 0 Å². The summed E-state index contributed by atoms with van der Waals surface area (Å²) in [5, 5.41) is 4.75. The van der Waals surface area contributed by atoms with Crippen molar-refractivity contribution in [1.29, 1.82) is 0 Å². The number of aromatic amines is 1. The lowest BCUT2D eigenvalue weighted by atomic mass is 10.2. The molecule has 0 amide bonds. The molecule has 0 fully saturated rings. The number of H-pyrrole nitrogens is 1. The van der Waals surface area contributed by atoms with Gasteiger partial charge in [-0.05, 0) is 6.07 Å². The zero-order valence-electron chi connectivity index (χ0n) is 10.8. The molecule has 19 heavy (non-hydrogen) atoms. The fraction of sp³-hybridized carbons (Fsp3) is 0.250. The van der Waals surface area contributed by atoms with Crippen molar-refractivity contribution < 1.29 is 0 Å². The first-order valence-electron chi connectivity index (χ1n) is 5.78. The van der Waals surface area contributed by atoms with Crippen molar-refractivity contribution in [3.63, 3.8) is 0 Å². The van der Waals surface area contributed by atoms with Gasteiger partial charge in [0.05, 0.1) is 16.6 Å². The van der Waals surface area contributed by atoms with Gasteiger partial charge >= 0.3 is 5.69 Å². The van der Waals surface area contributed by atoms with Gasteiger partial charge in [-0.15, -0.1) is 0 Å². The highest BCUT2D eigenvalue weighted by Crippen LogP contribution is 2.22. The molecule has 1 N–H and O–H groups in total. The first-order chi connectivity index (χ1) is 9.00. The van der Waals surface area contributed by atoms with Crippen LogP contribution in [0.4, 0.5) is 0 Å². The zero-order chi connectivity index (χ0) is 13.7. The molecule has 0 aliphatic carbocycles. The van der Waals surface area contributed by atoms with Crippen molar-refractivity contribution in [2.24, 2.45) is 21.1 Å². The molecule has 7 nitrogen and oxygen atoms in total. The van der Waals surface area contributed by atoms with Crippen molar-refractivity contribution in [2.75, 3.05) is 0 Å². The van der Waals surface area contributed by atoms with Gasteiger partial charge in [0.1, 0.15) is 5.69 Å². The van der Waals surface area contributed by atoms with Crippen LogP contribution in [0.2, 0.25) is 0 Å². The van der Waals surface area contributed by atoms with Crippen LogP contribution in [0.25, 0.3) is 22.3 Å². The van der Waals surface area contributed by atoms with Crippen LogP contribution in [0, 0.1) is 0 Å². The fourth-order valence-corrected chi connectivity index (χ4v) is 2.23. The molecule has 0 saturated heterocycles. The summed E-state index contributed by atoms with van der Waals surface area (Å²) in [5.41, 5.74) is 1.22. The van der Waals surface area contributed by atoms with Gasteiger partial charge in [0.15, 0.2) is 0 Å². The van der Waals surface area contributed by atoms with E-state index in [1.165, 1.54) is 11.6 Å². The average molecular weight is 259 g/mol. The number of rotatable bonds is 1. The van der Waals surface area contributed by atoms with Crippen LogP contribution in [0.5, 0.6) is 0 Å². The zero-order valence-corrected chi connectivity index (χ0v) is 10.8. The second kappa shape index (κ2) is 3.71. The number of fused-ring (bicyclic) bond motifs is 1. The molecule has 0 spiro atoms. The van der Waals surface area contributed by atoms with Crippen molar-refractivity contribution >= 4 is 10.9 Å². The number of nitrogens with one attached hydrogen (secondary N) is 1. The van der Waals surface area contributed by atoms with Crippen molar-refractivity contribution in [1.82, 2.24) is 23.9 Å². The van der Waals surface area contributed by atoms with Gasteiger partial charge in [0, 0.05) is 33.5 Å². The minimum atomic E-state index is -0.343. The SMILES string of the molecule is Cn1ccc(-c2[nH]cc3c2c(=O)n(C)c(=O)n3C)n1. The molecule has 0 aliphatic rings. The Morgan fingerprint density at radius 2 is 1.89 bits per heavy atom. The van der Waals surface area contributed by atoms with E-state index in [1.807, 2.05) is 13.1 Å². The summed E-state index contributed by atoms with van der Waals surface area (Å²) in [6.45, 7) is 0. The summed E-state index contributed by atoms with van der Waals surface area (Å²) < 4.78 is 4.21. The van der Waals surface area contributed by atoms with E-state index in [2.05, 4.69) is 10.1 Å². The van der Waals surface area contributed by atoms with E-state index in [4.69, 9.17) is 0 Å². The summed E-state index contributed by atoms with van der Waals surface area (Å²) >= 11 is 0. The van der Waals surface area contributed by atoms with E-state index in [9.17, 15) is 9.59 Å². The molecule has 0 aromatic carbocycles. The van der Waals surface area contributed by atoms with Crippen LogP contribution < -0.4 is 11.2 Å². The molecule has 0 atom stereocenters. The quantitative estimate of drug-likeness (QED) is 0.666. The van der Waals surface area contributed by atoms with Crippen LogP contribution in [0.3, 0.4) is 0 Å². The third-order valence-electron chi connectivity index (χ3n) is 3.28. The standard InChI is InChI=1S/C12H13N5O2/c1-15-5-4-7(14-15)10-9-8(6-13-10)16(2)12(19)17(3)11(9)18/h4-6,13H,1-3H3. The van der Waals surface area contributed by atoms with E-state index in [-0.39, 0.29) is 11.2 Å². The maximum atomic E-state index is 12.3. The lowest BCUT2D eigenvalue weighted by Gasteiger charge is -2.03. The molecular formula is C12H13N5O2. The van der Waals surface area contributed by atoms with Gasteiger partial charge in [-0.2, -0.15) is 5.10 Å². The largest absolute Gasteiger partial charge is 0.357 e. The number of hydrogen-bond acceptors (Lipinski definition) is 3. The Balaban J connectivity index is 2.48. The molecule has 0 bridgehead atoms. The topological polar surface area (TPSA) is 77.6 Å². The molecule has 0 aliphatic heterocycles. The number of aromatic nitrogens is 5. The lowest BCUT2D eigenvalue weighted by molar-refractivity contribution is 0.714. The van der Waals surface area contributed by atoms with Crippen LogP contribution in [0.1, 0.15) is 0 Å². The first kappa shape index (κ1) is 11.5. The Morgan fingerprint density at radius 1 is 1.16 bits per heavy atom. The predicted molar refractivity (Wildman–Crippen MR) is 71.0 cm³/mol. The van der Waals surface area contributed by atoms with Gasteiger partial charge in [0.2, 0.25) is 0 Å². The molecule has 3 heterocycles. The normalized spacial score (nSPS) is 11.3. The molecule has 3 aromatic rings. The molecule has 3 rings (SSSR count). The maximum absolute atomic E-state index is 12.3. The third kappa shape index (κ3) is 1.48. The van der Waals surface area contributed by atoms with Gasteiger partial charge in [0.25, 0.3) is 5.56 Å². The van der Waals surface area contributed by atoms with Gasteiger partial charge in [-0.1, -0.05) is 0 Å². The smallest absolute Gasteiger partial charge is 0.330 e. The summed E-state index contributed by atoms with van der Waals surface area (Å²) in [6, 6.07) is 1.82. The molecule has 0 unspecified atom stereocenters. The molecule has 98 valence electrons. The molecule has 0 saturated carbocycles. The van der Waals surface area contributed by atoms with Gasteiger partial charge in [-0.25, -0.2) is 4.79 Å². The van der Waals surface area contributed by atoms with Crippen molar-refractivity contribution in [3.05, 3.63) is 39.3 Å². The first-order valence-corrected chi connectivity index (χ1v) is 5.78. The van der Waals surface area contributed by atoms with Crippen LogP contribution >= 0.6 is 0 Å². The second-order valence-electron chi connectivity index (χ2n) is 4.50. The highest BCUT2D eigenvalue weighted by atomic mass is 16.2. The highest BCUT2D eigenvalue weighted by molar-refractivity contribution is 5.91. The van der Waals surface area contributed by atoms with Gasteiger partial charge < -0.3 is 4.98 Å². The Hall–Kier alpha value is -2.57. The predicted octanol–water partition coefficient (Wildman–Crippen LogP) is -0.0342. The summed E-state index contributed by atoms with van der Waals surface area (Å²) in [5.74, 6) is 0. The molecule has 0 radical (unpaired) electrons. The summed E-state index contributed by atoms with van der Waals surface area (Å²) in [7, 11) is 4.92. The summed E-state index contributed by atoms with van der Waals surface area (Å²) in [6.07, 6.45) is 3.45. The van der Waals surface area contributed by atoms with Crippen LogP contribution in [-0.2, 0) is 21.1 Å². The Kier molecular flexibility index (Phi) is 2.25. The molecule has 3 aromatic heterocycles. The second-order valence-corrected chi connectivity index (χ2v) is 4.50. The lowest BCUT2D eigenvalue weighted by Crippen LogP contribution is -2.36. The van der Waals surface area contributed by atoms with E-state index in [0.29, 0.717) is 22.3 Å². The minimum absolute atomic E-state index is 0.319. The highest BCUT2D eigenvalue weighted by Gasteiger charge is 2.16. The number of nitrogens with zero attached hydrogens (tertiary/aromatic N) is 4. The number of hydrogen-bond donors (Lipinski definition) is 1. The fourth-order valence-electron chi connectivity index (χ4n) is 2.23. The number of aryl methyl sites for hydroxylation is 2. The van der Waals surface area contributed by atoms with Crippen LogP contribution in [-0.4, -0.2) is 23.9 Å². The average Bonchev–Trinajstić information content (AvgIpc) is 2.99. The maximum Gasteiger partial charge on any atom is 0.330 e. The third-order valence-corrected chi connectivity index (χ3v) is 3.28. The minimum Gasteiger partial charge on any atom is -0.357 e. The van der Waals surface area contributed by atoms with E-state index in [0.717, 1.165) is 4.57 Å². The van der Waals surface area contributed by atoms with Gasteiger partial charge in [-0.3, -0.25) is 18.6 Å². The van der Waals surface area contributed by atoms with Crippen LogP contribution in [0.15, 0.2) is 28.0 Å². The summed E-state index contributed by atoms with van der Waals surface area (Å²) in [4.78, 5) is 27.1. The van der Waals surface area contributed by atoms with E-state index in [1.54, 1.807) is 24.1 Å². The Labute approximate surface area is 107 Å². The Morgan fingerprint density at radius 3 is 2.53 bits per heavy atom. The monoisotopic (exact) mass is 259 g/mol. The molecule has 7 heteroatoms. The van der Waals surface area contributed by atoms with Crippen molar-refractivity contribution in [2.45, 2.75) is 0 Å². The molecular weight excluding hydrogens is 246 g/mol. The van der Waals surface area contributed by atoms with E-state index >= 15 is 0 Å².